The van der Waals surface area contributed by atoms with Gasteiger partial charge in [0.2, 0.25) is 5.49 Å². The van der Waals surface area contributed by atoms with Crippen LogP contribution in [0.15, 0.2) is 30.3 Å². The highest BCUT2D eigenvalue weighted by Gasteiger charge is 2.05. The Kier molecular flexibility index (Phi) is 3.39. The van der Waals surface area contributed by atoms with E-state index in [-0.39, 0.29) is 17.3 Å². The fraction of sp³-hybridized carbons (Fsp3) is 0.100. The van der Waals surface area contributed by atoms with Gasteiger partial charge in [-0.05, 0) is 5.56 Å². The molecule has 0 bridgehead atoms. The van der Waals surface area contributed by atoms with Crippen LogP contribution in [0, 0.1) is 5.41 Å². The normalized spacial score (nSPS) is 10.1. The summed E-state index contributed by atoms with van der Waals surface area (Å²) in [5, 5.41) is 23.4. The van der Waals surface area contributed by atoms with Crippen LogP contribution >= 0.6 is 0 Å². The molecule has 0 aliphatic heterocycles. The lowest BCUT2D eigenvalue weighted by atomic mass is 10.2. The molecular weight excluding hydrogens is 234 g/mol. The standard InChI is InChI=1S/C10H13N7O/c11-8-9(14-10(15-12)16-17(8)18)13-6-7-4-2-1-3-5-7/h1-5,11,18H,6,12H2,(H2,13,14,15,16). The Morgan fingerprint density at radius 1 is 1.33 bits per heavy atom. The number of benzene rings is 1. The van der Waals surface area contributed by atoms with E-state index in [2.05, 4.69) is 20.8 Å². The Morgan fingerprint density at radius 2 is 2.06 bits per heavy atom. The lowest BCUT2D eigenvalue weighted by Crippen LogP contribution is -2.28. The number of anilines is 2. The molecule has 0 aliphatic carbocycles. The zero-order chi connectivity index (χ0) is 13.0. The molecule has 0 saturated heterocycles. The number of hydrazine groups is 1. The largest absolute Gasteiger partial charge is 0.410 e. The van der Waals surface area contributed by atoms with Crippen LogP contribution in [0.2, 0.25) is 0 Å². The molecule has 8 nitrogen and oxygen atoms in total. The topological polar surface area (TPSA) is 125 Å². The highest BCUT2D eigenvalue weighted by molar-refractivity contribution is 5.36. The second-order valence-corrected chi connectivity index (χ2v) is 3.51. The summed E-state index contributed by atoms with van der Waals surface area (Å²) < 4.78 is 0. The molecule has 6 N–H and O–H groups in total. The van der Waals surface area contributed by atoms with Crippen molar-refractivity contribution in [2.45, 2.75) is 6.54 Å². The van der Waals surface area contributed by atoms with Crippen molar-refractivity contribution >= 4 is 11.8 Å². The summed E-state index contributed by atoms with van der Waals surface area (Å²) in [5.41, 5.74) is 2.99. The molecule has 1 aromatic heterocycles. The Morgan fingerprint density at radius 3 is 2.72 bits per heavy atom. The molecule has 0 unspecified atom stereocenters. The average Bonchev–Trinajstić information content (AvgIpc) is 2.41. The highest BCUT2D eigenvalue weighted by Crippen LogP contribution is 2.03. The van der Waals surface area contributed by atoms with E-state index >= 15 is 0 Å². The van der Waals surface area contributed by atoms with Gasteiger partial charge >= 0.3 is 0 Å². The van der Waals surface area contributed by atoms with Crippen molar-refractivity contribution in [3.8, 4) is 0 Å². The molecule has 2 aromatic rings. The maximum Gasteiger partial charge on any atom is 0.260 e. The fourth-order valence-electron chi connectivity index (χ4n) is 1.38. The van der Waals surface area contributed by atoms with Crippen molar-refractivity contribution in [1.82, 2.24) is 14.9 Å². The lowest BCUT2D eigenvalue weighted by Gasteiger charge is -2.08. The van der Waals surface area contributed by atoms with Gasteiger partial charge < -0.3 is 10.5 Å². The Balaban J connectivity index is 2.19. The zero-order valence-corrected chi connectivity index (χ0v) is 9.46. The molecule has 0 saturated carbocycles. The number of hydrogen-bond acceptors (Lipinski definition) is 7. The predicted octanol–water partition coefficient (Wildman–Crippen LogP) is -0.107. The van der Waals surface area contributed by atoms with Gasteiger partial charge in [0.1, 0.15) is 0 Å². The Hall–Kier alpha value is -2.61. The third kappa shape index (κ3) is 2.55. The van der Waals surface area contributed by atoms with E-state index in [1.165, 1.54) is 0 Å². The van der Waals surface area contributed by atoms with Crippen LogP contribution in [0.25, 0.3) is 0 Å². The van der Waals surface area contributed by atoms with Crippen molar-refractivity contribution in [3.05, 3.63) is 41.4 Å². The van der Waals surface area contributed by atoms with Gasteiger partial charge in [-0.3, -0.25) is 10.8 Å². The van der Waals surface area contributed by atoms with Crippen molar-refractivity contribution < 1.29 is 5.21 Å². The van der Waals surface area contributed by atoms with Crippen LogP contribution in [0.5, 0.6) is 0 Å². The number of rotatable bonds is 4. The highest BCUT2D eigenvalue weighted by atomic mass is 16.5. The van der Waals surface area contributed by atoms with Gasteiger partial charge in [0, 0.05) is 6.54 Å². The summed E-state index contributed by atoms with van der Waals surface area (Å²) in [5.74, 6) is 5.36. The second kappa shape index (κ2) is 5.15. The predicted molar refractivity (Wildman–Crippen MR) is 64.6 cm³/mol. The van der Waals surface area contributed by atoms with Crippen LogP contribution in [0.4, 0.5) is 11.8 Å². The maximum absolute atomic E-state index is 9.35. The van der Waals surface area contributed by atoms with Crippen LogP contribution in [-0.4, -0.2) is 20.1 Å². The fourth-order valence-corrected chi connectivity index (χ4v) is 1.38. The molecule has 94 valence electrons. The summed E-state index contributed by atoms with van der Waals surface area (Å²) >= 11 is 0. The summed E-state index contributed by atoms with van der Waals surface area (Å²) in [7, 11) is 0. The summed E-state index contributed by atoms with van der Waals surface area (Å²) in [6.45, 7) is 0.480. The molecule has 18 heavy (non-hydrogen) atoms. The minimum absolute atomic E-state index is 0.0176. The van der Waals surface area contributed by atoms with E-state index in [0.29, 0.717) is 11.4 Å². The number of nitrogens with one attached hydrogen (secondary N) is 3. The van der Waals surface area contributed by atoms with Crippen LogP contribution < -0.4 is 22.1 Å². The zero-order valence-electron chi connectivity index (χ0n) is 9.46. The van der Waals surface area contributed by atoms with Crippen LogP contribution in [-0.2, 0) is 6.54 Å². The molecule has 2 rings (SSSR count). The molecule has 8 heteroatoms. The molecule has 1 aromatic carbocycles. The minimum atomic E-state index is -0.245. The lowest BCUT2D eigenvalue weighted by molar-refractivity contribution is 0.130. The molecule has 0 spiro atoms. The van der Waals surface area contributed by atoms with Gasteiger partial charge in [0.15, 0.2) is 5.82 Å². The number of nitrogens with zero attached hydrogens (tertiary/aromatic N) is 3. The van der Waals surface area contributed by atoms with Crippen molar-refractivity contribution in [2.75, 3.05) is 10.7 Å². The Bertz CT molecular complexity index is 581. The first-order chi connectivity index (χ1) is 8.70. The van der Waals surface area contributed by atoms with E-state index in [1.54, 1.807) is 0 Å². The van der Waals surface area contributed by atoms with Gasteiger partial charge in [-0.25, -0.2) is 5.84 Å². The average molecular weight is 247 g/mol. The van der Waals surface area contributed by atoms with E-state index < -0.39 is 0 Å². The second-order valence-electron chi connectivity index (χ2n) is 3.51. The van der Waals surface area contributed by atoms with Crippen molar-refractivity contribution in [2.24, 2.45) is 5.84 Å². The van der Waals surface area contributed by atoms with Crippen LogP contribution in [0.3, 0.4) is 0 Å². The minimum Gasteiger partial charge on any atom is -0.410 e. The molecular formula is C10H13N7O. The molecule has 0 amide bonds. The van der Waals surface area contributed by atoms with Gasteiger partial charge in [-0.15, -0.1) is 0 Å². The first kappa shape index (κ1) is 11.9. The summed E-state index contributed by atoms with van der Waals surface area (Å²) in [4.78, 5) is 4.34. The smallest absolute Gasteiger partial charge is 0.260 e. The maximum atomic E-state index is 9.35. The first-order valence-corrected chi connectivity index (χ1v) is 5.20. The molecule has 0 aliphatic rings. The molecule has 0 atom stereocenters. The van der Waals surface area contributed by atoms with Gasteiger partial charge in [-0.2, -0.15) is 4.98 Å². The molecule has 0 fully saturated rings. The van der Waals surface area contributed by atoms with Crippen molar-refractivity contribution in [1.29, 1.82) is 5.41 Å². The van der Waals surface area contributed by atoms with E-state index in [0.717, 1.165) is 5.56 Å². The number of hydrogen-bond donors (Lipinski definition) is 5. The summed E-state index contributed by atoms with van der Waals surface area (Å²) in [6, 6.07) is 9.62. The SMILES string of the molecule is N=c1c(NCc2ccccc2)nc(NN)nn1O. The van der Waals surface area contributed by atoms with E-state index in [4.69, 9.17) is 11.3 Å². The van der Waals surface area contributed by atoms with Crippen molar-refractivity contribution in [3.63, 3.8) is 0 Å². The summed E-state index contributed by atoms with van der Waals surface area (Å²) in [6.07, 6.45) is 0. The van der Waals surface area contributed by atoms with E-state index in [1.807, 2.05) is 30.3 Å². The quantitative estimate of drug-likeness (QED) is 0.292. The first-order valence-electron chi connectivity index (χ1n) is 5.20. The number of nitrogen functional groups attached to an aromatic ring is 1. The third-order valence-corrected chi connectivity index (χ3v) is 2.26. The molecule has 0 radical (unpaired) electrons. The van der Waals surface area contributed by atoms with Crippen LogP contribution in [0.1, 0.15) is 5.56 Å². The van der Waals surface area contributed by atoms with E-state index in [9.17, 15) is 5.21 Å². The molecule has 1 heterocycles. The number of nitrogens with two attached hydrogens (primary N) is 1. The monoisotopic (exact) mass is 247 g/mol. The van der Waals surface area contributed by atoms with Gasteiger partial charge in [0.25, 0.3) is 5.95 Å². The van der Waals surface area contributed by atoms with Gasteiger partial charge in [-0.1, -0.05) is 40.3 Å². The third-order valence-electron chi connectivity index (χ3n) is 2.26. The number of aromatic nitrogens is 3. The van der Waals surface area contributed by atoms with Gasteiger partial charge in [0.05, 0.1) is 0 Å². The Labute approximate surface area is 103 Å².